The molecule has 0 aliphatic heterocycles. The Bertz CT molecular complexity index is 451. The Kier molecular flexibility index (Phi) is 2.42. The molecule has 2 fully saturated rings. The van der Waals surface area contributed by atoms with Gasteiger partial charge in [0.1, 0.15) is 0 Å². The van der Waals surface area contributed by atoms with Crippen LogP contribution in [0.1, 0.15) is 37.7 Å². The lowest BCUT2D eigenvalue weighted by molar-refractivity contribution is -0.119. The molecule has 1 aromatic rings. The van der Waals surface area contributed by atoms with Gasteiger partial charge in [-0.1, -0.05) is 0 Å². The van der Waals surface area contributed by atoms with E-state index in [4.69, 9.17) is 0 Å². The summed E-state index contributed by atoms with van der Waals surface area (Å²) in [5.74, 6) is 0.405. The minimum absolute atomic E-state index is 0.185. The van der Waals surface area contributed by atoms with Gasteiger partial charge in [-0.15, -0.1) is 0 Å². The molecule has 0 aromatic carbocycles. The third-order valence-electron chi connectivity index (χ3n) is 4.33. The predicted molar refractivity (Wildman–Crippen MR) is 66.6 cm³/mol. The van der Waals surface area contributed by atoms with Crippen molar-refractivity contribution in [2.75, 3.05) is 5.32 Å². The van der Waals surface area contributed by atoms with E-state index in [2.05, 4.69) is 10.3 Å². The molecule has 3 nitrogen and oxygen atoms in total. The number of pyridine rings is 1. The molecule has 2 aliphatic carbocycles. The summed E-state index contributed by atoms with van der Waals surface area (Å²) in [6.45, 7) is 1.99. The first-order chi connectivity index (χ1) is 8.19. The first-order valence-corrected chi connectivity index (χ1v) is 6.40. The number of hydrogen-bond donors (Lipinski definition) is 1. The van der Waals surface area contributed by atoms with Crippen LogP contribution in [0, 0.1) is 18.3 Å². The minimum atomic E-state index is 0.185. The highest BCUT2D eigenvalue weighted by atomic mass is 16.1. The van der Waals surface area contributed by atoms with Crippen molar-refractivity contribution in [2.45, 2.75) is 39.0 Å². The first kappa shape index (κ1) is 10.8. The van der Waals surface area contributed by atoms with E-state index in [1.165, 1.54) is 19.3 Å². The van der Waals surface area contributed by atoms with Crippen LogP contribution in [0.15, 0.2) is 18.5 Å². The maximum Gasteiger partial charge on any atom is 0.227 e. The van der Waals surface area contributed by atoms with Crippen molar-refractivity contribution in [3.05, 3.63) is 24.0 Å². The Morgan fingerprint density at radius 1 is 1.47 bits per heavy atom. The van der Waals surface area contributed by atoms with Crippen molar-refractivity contribution in [3.8, 4) is 0 Å². The fourth-order valence-electron chi connectivity index (χ4n) is 2.89. The van der Waals surface area contributed by atoms with E-state index < -0.39 is 0 Å². The molecular formula is C14H18N2O. The molecule has 3 rings (SSSR count). The number of aryl methyl sites for hydroxylation is 1. The lowest BCUT2D eigenvalue weighted by Gasteiger charge is -2.12. The summed E-state index contributed by atoms with van der Waals surface area (Å²) >= 11 is 0. The van der Waals surface area contributed by atoms with Crippen molar-refractivity contribution in [3.63, 3.8) is 0 Å². The quantitative estimate of drug-likeness (QED) is 0.848. The molecule has 2 aliphatic rings. The lowest BCUT2D eigenvalue weighted by atomic mass is 10.0. The Morgan fingerprint density at radius 3 is 2.94 bits per heavy atom. The van der Waals surface area contributed by atoms with Gasteiger partial charge in [-0.05, 0) is 56.1 Å². The summed E-state index contributed by atoms with van der Waals surface area (Å²) in [4.78, 5) is 16.2. The largest absolute Gasteiger partial charge is 0.324 e. The molecule has 0 radical (unpaired) electrons. The van der Waals surface area contributed by atoms with Crippen molar-refractivity contribution < 1.29 is 4.79 Å². The van der Waals surface area contributed by atoms with Gasteiger partial charge in [0.15, 0.2) is 0 Å². The number of carbonyl (C=O) groups excluding carboxylic acids is 1. The van der Waals surface area contributed by atoms with Crippen LogP contribution < -0.4 is 5.32 Å². The van der Waals surface area contributed by atoms with E-state index in [-0.39, 0.29) is 11.8 Å². The van der Waals surface area contributed by atoms with Crippen LogP contribution in [-0.2, 0) is 4.79 Å². The Labute approximate surface area is 102 Å². The van der Waals surface area contributed by atoms with Gasteiger partial charge in [-0.25, -0.2) is 0 Å². The molecule has 17 heavy (non-hydrogen) atoms. The van der Waals surface area contributed by atoms with Crippen LogP contribution >= 0.6 is 0 Å². The van der Waals surface area contributed by atoms with Gasteiger partial charge < -0.3 is 5.32 Å². The van der Waals surface area contributed by atoms with E-state index in [1.807, 2.05) is 13.0 Å². The van der Waals surface area contributed by atoms with Gasteiger partial charge in [0.25, 0.3) is 0 Å². The topological polar surface area (TPSA) is 42.0 Å². The molecule has 0 saturated heterocycles. The summed E-state index contributed by atoms with van der Waals surface area (Å²) in [7, 11) is 0. The van der Waals surface area contributed by atoms with Crippen LogP contribution in [-0.4, -0.2) is 10.9 Å². The average Bonchev–Trinajstić information content (AvgIpc) is 2.92. The molecule has 90 valence electrons. The molecule has 1 aromatic heterocycles. The molecule has 1 N–H and O–H groups in total. The summed E-state index contributed by atoms with van der Waals surface area (Å²) < 4.78 is 0. The maximum absolute atomic E-state index is 12.1. The number of amides is 1. The highest BCUT2D eigenvalue weighted by molar-refractivity contribution is 5.93. The zero-order valence-corrected chi connectivity index (χ0v) is 10.2. The van der Waals surface area contributed by atoms with E-state index in [0.717, 1.165) is 24.1 Å². The summed E-state index contributed by atoms with van der Waals surface area (Å²) in [5, 5.41) is 3.02. The van der Waals surface area contributed by atoms with Crippen LogP contribution in [0.5, 0.6) is 0 Å². The number of carbonyl (C=O) groups is 1. The molecule has 1 spiro atoms. The molecule has 3 heteroatoms. The maximum atomic E-state index is 12.1. The van der Waals surface area contributed by atoms with Crippen molar-refractivity contribution in [1.29, 1.82) is 0 Å². The highest BCUT2D eigenvalue weighted by Gasteiger charge is 2.49. The minimum Gasteiger partial charge on any atom is -0.324 e. The van der Waals surface area contributed by atoms with E-state index >= 15 is 0 Å². The zero-order chi connectivity index (χ0) is 11.9. The average molecular weight is 230 g/mol. The number of aromatic nitrogens is 1. The molecule has 1 unspecified atom stereocenters. The van der Waals surface area contributed by atoms with Gasteiger partial charge in [0.05, 0.1) is 11.9 Å². The second-order valence-electron chi connectivity index (χ2n) is 5.62. The SMILES string of the molecule is Cc1ccncc1NC(=O)C1CCC2(CC2)C1. The third kappa shape index (κ3) is 2.06. The third-order valence-corrected chi connectivity index (χ3v) is 4.33. The predicted octanol–water partition coefficient (Wildman–Crippen LogP) is 2.91. The second kappa shape index (κ2) is 3.83. The van der Waals surface area contributed by atoms with Gasteiger partial charge in [0.2, 0.25) is 5.91 Å². The van der Waals surface area contributed by atoms with Crippen LogP contribution in [0.2, 0.25) is 0 Å². The standard InChI is InChI=1S/C14H18N2O/c1-10-3-7-15-9-12(10)16-13(17)11-2-4-14(8-11)5-6-14/h3,7,9,11H,2,4-6,8H2,1H3,(H,16,17). The number of hydrogen-bond acceptors (Lipinski definition) is 2. The number of rotatable bonds is 2. The summed E-state index contributed by atoms with van der Waals surface area (Å²) in [6, 6.07) is 1.92. The molecule has 1 atom stereocenters. The Balaban J connectivity index is 1.66. The smallest absolute Gasteiger partial charge is 0.227 e. The Morgan fingerprint density at radius 2 is 2.29 bits per heavy atom. The fourth-order valence-corrected chi connectivity index (χ4v) is 2.89. The van der Waals surface area contributed by atoms with E-state index in [9.17, 15) is 4.79 Å². The number of anilines is 1. The van der Waals surface area contributed by atoms with Gasteiger partial charge in [-0.2, -0.15) is 0 Å². The molecule has 2 saturated carbocycles. The highest BCUT2D eigenvalue weighted by Crippen LogP contribution is 2.59. The van der Waals surface area contributed by atoms with Crippen LogP contribution in [0.3, 0.4) is 0 Å². The van der Waals surface area contributed by atoms with Gasteiger partial charge in [-0.3, -0.25) is 9.78 Å². The first-order valence-electron chi connectivity index (χ1n) is 6.40. The van der Waals surface area contributed by atoms with Crippen LogP contribution in [0.4, 0.5) is 5.69 Å². The monoisotopic (exact) mass is 230 g/mol. The van der Waals surface area contributed by atoms with E-state index in [0.29, 0.717) is 5.41 Å². The second-order valence-corrected chi connectivity index (χ2v) is 5.62. The number of nitrogens with one attached hydrogen (secondary N) is 1. The molecular weight excluding hydrogens is 212 g/mol. The van der Waals surface area contributed by atoms with Gasteiger partial charge in [0, 0.05) is 12.1 Å². The molecule has 1 heterocycles. The lowest BCUT2D eigenvalue weighted by Crippen LogP contribution is -2.21. The van der Waals surface area contributed by atoms with Crippen LogP contribution in [0.25, 0.3) is 0 Å². The van der Waals surface area contributed by atoms with Crippen molar-refractivity contribution in [2.24, 2.45) is 11.3 Å². The summed E-state index contributed by atoms with van der Waals surface area (Å²) in [5.41, 5.74) is 2.49. The van der Waals surface area contributed by atoms with Crippen molar-refractivity contribution >= 4 is 11.6 Å². The Hall–Kier alpha value is -1.38. The number of nitrogens with zero attached hydrogens (tertiary/aromatic N) is 1. The molecule has 0 bridgehead atoms. The van der Waals surface area contributed by atoms with Gasteiger partial charge >= 0.3 is 0 Å². The zero-order valence-electron chi connectivity index (χ0n) is 10.2. The normalized spacial score (nSPS) is 24.9. The van der Waals surface area contributed by atoms with E-state index in [1.54, 1.807) is 12.4 Å². The fraction of sp³-hybridized carbons (Fsp3) is 0.571. The molecule has 1 amide bonds. The summed E-state index contributed by atoms with van der Waals surface area (Å²) in [6.07, 6.45) is 9.56. The van der Waals surface area contributed by atoms with Crippen molar-refractivity contribution in [1.82, 2.24) is 4.98 Å².